The molecule has 1 aliphatic rings. The lowest BCUT2D eigenvalue weighted by Gasteiger charge is -2.32. The van der Waals surface area contributed by atoms with Gasteiger partial charge in [-0.1, -0.05) is 18.2 Å². The van der Waals surface area contributed by atoms with E-state index in [1.807, 2.05) is 6.07 Å². The highest BCUT2D eigenvalue weighted by atomic mass is 16.2. The van der Waals surface area contributed by atoms with Gasteiger partial charge in [0.05, 0.1) is 0 Å². The molecule has 8 nitrogen and oxygen atoms in total. The van der Waals surface area contributed by atoms with E-state index in [1.54, 1.807) is 54.5 Å². The number of rotatable bonds is 4. The van der Waals surface area contributed by atoms with Crippen LogP contribution in [0.25, 0.3) is 0 Å². The standard InChI is InChI=1S/C21H24N4O4/c1-24-11-5-8-17(20(24)28)21(29)25-12-9-15(10-13-25)14-22-18(26)19(27)23-16-6-3-2-4-7-16/h2-8,11,15H,9-10,12-14H2,1H3,(H,22,26)(H,23,27). The predicted molar refractivity (Wildman–Crippen MR) is 108 cm³/mol. The molecule has 29 heavy (non-hydrogen) atoms. The number of anilines is 1. The van der Waals surface area contributed by atoms with Gasteiger partial charge in [-0.15, -0.1) is 0 Å². The van der Waals surface area contributed by atoms with Crippen LogP contribution in [0.5, 0.6) is 0 Å². The predicted octanol–water partition coefficient (Wildman–Crippen LogP) is 0.992. The lowest BCUT2D eigenvalue weighted by molar-refractivity contribution is -0.136. The Morgan fingerprint density at radius 1 is 1.00 bits per heavy atom. The van der Waals surface area contributed by atoms with E-state index >= 15 is 0 Å². The van der Waals surface area contributed by atoms with E-state index in [-0.39, 0.29) is 22.9 Å². The molecule has 0 aliphatic carbocycles. The average molecular weight is 396 g/mol. The molecule has 0 atom stereocenters. The minimum Gasteiger partial charge on any atom is -0.348 e. The second-order valence-electron chi connectivity index (χ2n) is 7.10. The van der Waals surface area contributed by atoms with Crippen LogP contribution in [0.3, 0.4) is 0 Å². The maximum atomic E-state index is 12.6. The number of para-hydroxylation sites is 1. The second-order valence-corrected chi connectivity index (χ2v) is 7.10. The Hall–Kier alpha value is -3.42. The lowest BCUT2D eigenvalue weighted by Crippen LogP contribution is -2.44. The van der Waals surface area contributed by atoms with Gasteiger partial charge in [-0.3, -0.25) is 19.2 Å². The van der Waals surface area contributed by atoms with Gasteiger partial charge in [-0.2, -0.15) is 0 Å². The summed E-state index contributed by atoms with van der Waals surface area (Å²) in [7, 11) is 1.61. The monoisotopic (exact) mass is 396 g/mol. The fraction of sp³-hybridized carbons (Fsp3) is 0.333. The van der Waals surface area contributed by atoms with Crippen molar-refractivity contribution >= 4 is 23.4 Å². The average Bonchev–Trinajstić information content (AvgIpc) is 2.74. The van der Waals surface area contributed by atoms with Crippen LogP contribution in [-0.4, -0.2) is 46.8 Å². The van der Waals surface area contributed by atoms with E-state index in [4.69, 9.17) is 0 Å². The van der Waals surface area contributed by atoms with Gasteiger partial charge in [0, 0.05) is 38.6 Å². The van der Waals surface area contributed by atoms with Crippen molar-refractivity contribution in [1.82, 2.24) is 14.8 Å². The second kappa shape index (κ2) is 9.18. The zero-order valence-electron chi connectivity index (χ0n) is 16.3. The number of hydrogen-bond donors (Lipinski definition) is 2. The number of aryl methyl sites for hydroxylation is 1. The summed E-state index contributed by atoms with van der Waals surface area (Å²) in [6.07, 6.45) is 3.00. The summed E-state index contributed by atoms with van der Waals surface area (Å²) in [6.45, 7) is 1.39. The van der Waals surface area contributed by atoms with Crippen molar-refractivity contribution in [2.24, 2.45) is 13.0 Å². The van der Waals surface area contributed by atoms with Crippen LogP contribution in [0, 0.1) is 5.92 Å². The van der Waals surface area contributed by atoms with Crippen molar-refractivity contribution in [3.05, 3.63) is 64.6 Å². The Balaban J connectivity index is 1.45. The van der Waals surface area contributed by atoms with Crippen molar-refractivity contribution < 1.29 is 14.4 Å². The molecule has 2 N–H and O–H groups in total. The summed E-state index contributed by atoms with van der Waals surface area (Å²) in [5.74, 6) is -1.48. The molecule has 1 saturated heterocycles. The maximum Gasteiger partial charge on any atom is 0.313 e. The fourth-order valence-corrected chi connectivity index (χ4v) is 3.30. The van der Waals surface area contributed by atoms with Gasteiger partial charge in [0.25, 0.3) is 11.5 Å². The number of amides is 3. The van der Waals surface area contributed by atoms with Crippen LogP contribution in [0.2, 0.25) is 0 Å². The molecule has 152 valence electrons. The molecular weight excluding hydrogens is 372 g/mol. The van der Waals surface area contributed by atoms with E-state index in [1.165, 1.54) is 4.57 Å². The first-order chi connectivity index (χ1) is 14.0. The third-order valence-electron chi connectivity index (χ3n) is 5.04. The Bertz CT molecular complexity index is 947. The summed E-state index contributed by atoms with van der Waals surface area (Å²) in [5, 5.41) is 5.20. The van der Waals surface area contributed by atoms with Crippen LogP contribution in [0.4, 0.5) is 5.69 Å². The highest BCUT2D eigenvalue weighted by Crippen LogP contribution is 2.18. The van der Waals surface area contributed by atoms with Gasteiger partial charge in [-0.05, 0) is 43.0 Å². The third-order valence-corrected chi connectivity index (χ3v) is 5.04. The number of pyridine rings is 1. The molecule has 2 aromatic rings. The zero-order valence-corrected chi connectivity index (χ0v) is 16.3. The van der Waals surface area contributed by atoms with Crippen molar-refractivity contribution in [3.8, 4) is 0 Å². The topological polar surface area (TPSA) is 101 Å². The normalized spacial score (nSPS) is 14.3. The summed E-state index contributed by atoms with van der Waals surface area (Å²) >= 11 is 0. The number of likely N-dealkylation sites (tertiary alicyclic amines) is 1. The molecule has 1 aromatic carbocycles. The van der Waals surface area contributed by atoms with Crippen LogP contribution in [-0.2, 0) is 16.6 Å². The first-order valence-corrected chi connectivity index (χ1v) is 9.55. The van der Waals surface area contributed by atoms with E-state index in [2.05, 4.69) is 10.6 Å². The molecule has 1 aromatic heterocycles. The number of hydrogen-bond acceptors (Lipinski definition) is 4. The molecule has 0 spiro atoms. The third kappa shape index (κ3) is 5.10. The molecular formula is C21H24N4O4. The molecule has 1 fully saturated rings. The Kier molecular flexibility index (Phi) is 6.43. The summed E-state index contributed by atoms with van der Waals surface area (Å²) < 4.78 is 1.38. The SMILES string of the molecule is Cn1cccc(C(=O)N2CCC(CNC(=O)C(=O)Nc3ccccc3)CC2)c1=O. The van der Waals surface area contributed by atoms with Crippen LogP contribution in [0.1, 0.15) is 23.2 Å². The fourth-order valence-electron chi connectivity index (χ4n) is 3.30. The van der Waals surface area contributed by atoms with E-state index < -0.39 is 11.8 Å². The van der Waals surface area contributed by atoms with Gasteiger partial charge >= 0.3 is 11.8 Å². The molecule has 1 aliphatic heterocycles. The molecule has 8 heteroatoms. The quantitative estimate of drug-likeness (QED) is 0.753. The van der Waals surface area contributed by atoms with Crippen LogP contribution in [0.15, 0.2) is 53.5 Å². The largest absolute Gasteiger partial charge is 0.348 e. The van der Waals surface area contributed by atoms with E-state index in [0.29, 0.717) is 38.2 Å². The van der Waals surface area contributed by atoms with Crippen LogP contribution < -0.4 is 16.2 Å². The first kappa shape index (κ1) is 20.3. The summed E-state index contributed by atoms with van der Waals surface area (Å²) in [6, 6.07) is 12.0. The molecule has 3 amide bonds. The lowest BCUT2D eigenvalue weighted by atomic mass is 9.96. The van der Waals surface area contributed by atoms with Crippen molar-refractivity contribution in [3.63, 3.8) is 0 Å². The van der Waals surface area contributed by atoms with Gasteiger partial charge < -0.3 is 20.1 Å². The molecule has 0 unspecified atom stereocenters. The molecule has 3 rings (SSSR count). The van der Waals surface area contributed by atoms with Gasteiger partial charge in [0.1, 0.15) is 5.56 Å². The highest BCUT2D eigenvalue weighted by Gasteiger charge is 2.26. The van der Waals surface area contributed by atoms with Crippen molar-refractivity contribution in [1.29, 1.82) is 0 Å². The molecule has 2 heterocycles. The number of nitrogens with one attached hydrogen (secondary N) is 2. The smallest absolute Gasteiger partial charge is 0.313 e. The molecule has 0 saturated carbocycles. The Labute approximate surface area is 168 Å². The zero-order chi connectivity index (χ0) is 20.8. The number of carbonyl (C=O) groups is 3. The summed E-state index contributed by atoms with van der Waals surface area (Å²) in [5.41, 5.74) is 0.419. The van der Waals surface area contributed by atoms with E-state index in [0.717, 1.165) is 0 Å². The highest BCUT2D eigenvalue weighted by molar-refractivity contribution is 6.39. The number of benzene rings is 1. The maximum absolute atomic E-state index is 12.6. The number of nitrogens with zero attached hydrogens (tertiary/aromatic N) is 2. The Morgan fingerprint density at radius 3 is 2.38 bits per heavy atom. The number of aromatic nitrogens is 1. The van der Waals surface area contributed by atoms with Gasteiger partial charge in [0.15, 0.2) is 0 Å². The molecule has 0 radical (unpaired) electrons. The van der Waals surface area contributed by atoms with Crippen LogP contribution >= 0.6 is 0 Å². The minimum absolute atomic E-state index is 0.166. The van der Waals surface area contributed by atoms with Gasteiger partial charge in [0.2, 0.25) is 0 Å². The molecule has 0 bridgehead atoms. The number of carbonyl (C=O) groups excluding carboxylic acids is 3. The van der Waals surface area contributed by atoms with Gasteiger partial charge in [-0.25, -0.2) is 0 Å². The van der Waals surface area contributed by atoms with Crippen molar-refractivity contribution in [2.75, 3.05) is 25.0 Å². The van der Waals surface area contributed by atoms with E-state index in [9.17, 15) is 19.2 Å². The number of piperidine rings is 1. The first-order valence-electron chi connectivity index (χ1n) is 9.55. The minimum atomic E-state index is -0.705. The van der Waals surface area contributed by atoms with Crippen molar-refractivity contribution in [2.45, 2.75) is 12.8 Å². The summed E-state index contributed by atoms with van der Waals surface area (Å²) in [4.78, 5) is 50.3. The Morgan fingerprint density at radius 2 is 1.69 bits per heavy atom.